The summed E-state index contributed by atoms with van der Waals surface area (Å²) in [6.45, 7) is 7.92. The molecule has 4 nitrogen and oxygen atoms in total. The lowest BCUT2D eigenvalue weighted by Gasteiger charge is -2.46. The topological polar surface area (TPSA) is 35.6 Å². The maximum Gasteiger partial charge on any atom is 0.320 e. The summed E-state index contributed by atoms with van der Waals surface area (Å²) >= 11 is 0. The van der Waals surface area contributed by atoms with Crippen molar-refractivity contribution in [3.05, 3.63) is 0 Å². The number of hydrogen-bond donors (Lipinski definition) is 1. The Morgan fingerprint density at radius 3 is 2.57 bits per heavy atom. The molecule has 1 rings (SSSR count). The first-order chi connectivity index (χ1) is 6.34. The number of carbonyl (C=O) groups is 1. The molecule has 0 saturated carbocycles. The van der Waals surface area contributed by atoms with Crippen LogP contribution in [0.25, 0.3) is 0 Å². The molecule has 1 atom stereocenters. The van der Waals surface area contributed by atoms with E-state index in [1.54, 1.807) is 19.0 Å². The minimum Gasteiger partial charge on any atom is -0.331 e. The lowest BCUT2D eigenvalue weighted by atomic mass is 9.98. The molecule has 2 amide bonds. The van der Waals surface area contributed by atoms with Crippen LogP contribution in [0.4, 0.5) is 4.79 Å². The molecule has 82 valence electrons. The number of carbonyl (C=O) groups excluding carboxylic acids is 1. The number of hydrogen-bond acceptors (Lipinski definition) is 2. The van der Waals surface area contributed by atoms with Gasteiger partial charge in [-0.1, -0.05) is 0 Å². The highest BCUT2D eigenvalue weighted by atomic mass is 16.2. The Balaban J connectivity index is 2.77. The van der Waals surface area contributed by atoms with E-state index >= 15 is 0 Å². The molecule has 0 aromatic rings. The van der Waals surface area contributed by atoms with E-state index in [2.05, 4.69) is 26.1 Å². The van der Waals surface area contributed by atoms with Crippen LogP contribution in [0.2, 0.25) is 0 Å². The number of nitrogens with zero attached hydrogens (tertiary/aromatic N) is 2. The van der Waals surface area contributed by atoms with Crippen molar-refractivity contribution in [2.75, 3.05) is 27.2 Å². The Labute approximate surface area is 86.2 Å². The summed E-state index contributed by atoms with van der Waals surface area (Å²) in [5.74, 6) is 0. The second kappa shape index (κ2) is 3.77. The molecule has 0 aromatic heterocycles. The van der Waals surface area contributed by atoms with Gasteiger partial charge in [0, 0.05) is 33.2 Å². The predicted molar refractivity (Wildman–Crippen MR) is 57.3 cm³/mol. The quantitative estimate of drug-likeness (QED) is 0.624. The van der Waals surface area contributed by atoms with E-state index in [1.807, 2.05) is 4.90 Å². The largest absolute Gasteiger partial charge is 0.331 e. The van der Waals surface area contributed by atoms with Gasteiger partial charge in [-0.2, -0.15) is 0 Å². The molecule has 1 N–H and O–H groups in total. The first-order valence-corrected chi connectivity index (χ1v) is 5.07. The molecule has 4 heteroatoms. The molecule has 0 bridgehead atoms. The standard InChI is InChI=1S/C10H21N3O/c1-8-6-13(9(14)12(4)5)10(2,3)7-11-8/h8,11H,6-7H2,1-5H3. The van der Waals surface area contributed by atoms with Crippen LogP contribution in [-0.4, -0.2) is 54.6 Å². The van der Waals surface area contributed by atoms with E-state index in [0.29, 0.717) is 6.04 Å². The minimum absolute atomic E-state index is 0.0894. The third-order valence-electron chi connectivity index (χ3n) is 2.68. The van der Waals surface area contributed by atoms with Crippen molar-refractivity contribution >= 4 is 6.03 Å². The van der Waals surface area contributed by atoms with Crippen molar-refractivity contribution in [1.29, 1.82) is 0 Å². The van der Waals surface area contributed by atoms with Crippen LogP contribution in [0.3, 0.4) is 0 Å². The summed E-state index contributed by atoms with van der Waals surface area (Å²) in [5, 5.41) is 3.38. The summed E-state index contributed by atoms with van der Waals surface area (Å²) in [4.78, 5) is 15.5. The fraction of sp³-hybridized carbons (Fsp3) is 0.900. The zero-order chi connectivity index (χ0) is 10.9. The van der Waals surface area contributed by atoms with Gasteiger partial charge in [0.15, 0.2) is 0 Å². The third-order valence-corrected chi connectivity index (χ3v) is 2.68. The van der Waals surface area contributed by atoms with Gasteiger partial charge in [0.2, 0.25) is 0 Å². The first-order valence-electron chi connectivity index (χ1n) is 5.07. The van der Waals surface area contributed by atoms with Crippen molar-refractivity contribution in [2.24, 2.45) is 0 Å². The van der Waals surface area contributed by atoms with Crippen LogP contribution in [-0.2, 0) is 0 Å². The molecule has 1 aliphatic heterocycles. The highest BCUT2D eigenvalue weighted by molar-refractivity contribution is 5.75. The summed E-state index contributed by atoms with van der Waals surface area (Å²) in [6.07, 6.45) is 0. The molecule has 0 aliphatic carbocycles. The highest BCUT2D eigenvalue weighted by Crippen LogP contribution is 2.19. The lowest BCUT2D eigenvalue weighted by Crippen LogP contribution is -2.64. The highest BCUT2D eigenvalue weighted by Gasteiger charge is 2.36. The molecule has 0 spiro atoms. The second-order valence-electron chi connectivity index (χ2n) is 4.88. The van der Waals surface area contributed by atoms with Crippen LogP contribution in [0.1, 0.15) is 20.8 Å². The minimum atomic E-state index is -0.0894. The van der Waals surface area contributed by atoms with Gasteiger partial charge in [-0.15, -0.1) is 0 Å². The Morgan fingerprint density at radius 2 is 2.07 bits per heavy atom. The Hall–Kier alpha value is -0.770. The molecular formula is C10H21N3O. The molecule has 1 aliphatic rings. The third kappa shape index (κ3) is 2.18. The Morgan fingerprint density at radius 1 is 1.50 bits per heavy atom. The summed E-state index contributed by atoms with van der Waals surface area (Å²) in [5.41, 5.74) is -0.0894. The smallest absolute Gasteiger partial charge is 0.320 e. The molecule has 0 aromatic carbocycles. The van der Waals surface area contributed by atoms with Crippen molar-refractivity contribution in [1.82, 2.24) is 15.1 Å². The van der Waals surface area contributed by atoms with Crippen molar-refractivity contribution in [3.8, 4) is 0 Å². The van der Waals surface area contributed by atoms with Gasteiger partial charge >= 0.3 is 6.03 Å². The maximum atomic E-state index is 11.9. The van der Waals surface area contributed by atoms with E-state index in [9.17, 15) is 4.79 Å². The van der Waals surface area contributed by atoms with Crippen LogP contribution < -0.4 is 5.32 Å². The zero-order valence-corrected chi connectivity index (χ0v) is 9.79. The second-order valence-corrected chi connectivity index (χ2v) is 4.88. The van der Waals surface area contributed by atoms with Crippen molar-refractivity contribution < 1.29 is 4.79 Å². The van der Waals surface area contributed by atoms with Gasteiger partial charge in [-0.3, -0.25) is 0 Å². The molecule has 14 heavy (non-hydrogen) atoms. The van der Waals surface area contributed by atoms with Gasteiger partial charge in [0.25, 0.3) is 0 Å². The van der Waals surface area contributed by atoms with Gasteiger partial charge in [0.1, 0.15) is 0 Å². The zero-order valence-electron chi connectivity index (χ0n) is 9.79. The number of nitrogens with one attached hydrogen (secondary N) is 1. The summed E-state index contributed by atoms with van der Waals surface area (Å²) in [7, 11) is 3.59. The Kier molecular flexibility index (Phi) is 3.04. The molecular weight excluding hydrogens is 178 g/mol. The van der Waals surface area contributed by atoms with Crippen LogP contribution in [0.5, 0.6) is 0 Å². The first kappa shape index (κ1) is 11.3. The fourth-order valence-corrected chi connectivity index (χ4v) is 1.68. The number of rotatable bonds is 0. The van der Waals surface area contributed by atoms with E-state index in [1.165, 1.54) is 0 Å². The van der Waals surface area contributed by atoms with E-state index in [4.69, 9.17) is 0 Å². The van der Waals surface area contributed by atoms with E-state index in [0.717, 1.165) is 13.1 Å². The molecule has 1 saturated heterocycles. The van der Waals surface area contributed by atoms with E-state index in [-0.39, 0.29) is 11.6 Å². The molecule has 1 fully saturated rings. The van der Waals surface area contributed by atoms with Gasteiger partial charge in [0.05, 0.1) is 5.54 Å². The normalized spacial score (nSPS) is 26.1. The average Bonchev–Trinajstić information content (AvgIpc) is 2.08. The van der Waals surface area contributed by atoms with Crippen molar-refractivity contribution in [2.45, 2.75) is 32.4 Å². The van der Waals surface area contributed by atoms with Gasteiger partial charge in [-0.05, 0) is 20.8 Å². The molecule has 1 unspecified atom stereocenters. The van der Waals surface area contributed by atoms with Gasteiger partial charge < -0.3 is 15.1 Å². The van der Waals surface area contributed by atoms with Crippen LogP contribution in [0.15, 0.2) is 0 Å². The average molecular weight is 199 g/mol. The molecule has 0 radical (unpaired) electrons. The SMILES string of the molecule is CC1CN(C(=O)N(C)C)C(C)(C)CN1. The van der Waals surface area contributed by atoms with Crippen LogP contribution >= 0.6 is 0 Å². The van der Waals surface area contributed by atoms with Crippen molar-refractivity contribution in [3.63, 3.8) is 0 Å². The van der Waals surface area contributed by atoms with Crippen LogP contribution in [0, 0.1) is 0 Å². The maximum absolute atomic E-state index is 11.9. The monoisotopic (exact) mass is 199 g/mol. The number of urea groups is 1. The lowest BCUT2D eigenvalue weighted by molar-refractivity contribution is 0.0804. The summed E-state index contributed by atoms with van der Waals surface area (Å²) < 4.78 is 0. The van der Waals surface area contributed by atoms with Gasteiger partial charge in [-0.25, -0.2) is 4.79 Å². The number of piperazine rings is 1. The number of amides is 2. The van der Waals surface area contributed by atoms with E-state index < -0.39 is 0 Å². The molecule has 1 heterocycles. The summed E-state index contributed by atoms with van der Waals surface area (Å²) in [6, 6.07) is 0.482. The fourth-order valence-electron chi connectivity index (χ4n) is 1.68. The predicted octanol–water partition coefficient (Wildman–Crippen LogP) is 0.740. The Bertz CT molecular complexity index is 225.